The molecule has 9 nitrogen and oxygen atoms in total. The Labute approximate surface area is 193 Å². The summed E-state index contributed by atoms with van der Waals surface area (Å²) in [5.74, 6) is 6.30. The maximum absolute atomic E-state index is 12.7. The van der Waals surface area contributed by atoms with Crippen molar-refractivity contribution in [3.63, 3.8) is 0 Å². The van der Waals surface area contributed by atoms with E-state index < -0.39 is 11.4 Å². The largest absolute Gasteiger partial charge is 0.464 e. The standard InChI is InChI=1S/C21H36B2N5O4/c1-3-28(4-2)19(30)32-11-5-10-31-18(29)16-13-15-12-14(6-7-17(24)27-25)8-9-20(15)21(22,23-20)26-16/h14-16,26H,3-13,25H2,1-2H3,(H2,24,27). The van der Waals surface area contributed by atoms with Crippen LogP contribution < -0.4 is 16.9 Å². The van der Waals surface area contributed by atoms with Crippen molar-refractivity contribution >= 4 is 33.0 Å². The smallest absolute Gasteiger partial charge is 0.409 e. The molecule has 5 atom stereocenters. The summed E-state index contributed by atoms with van der Waals surface area (Å²) >= 11 is 0. The predicted octanol–water partition coefficient (Wildman–Crippen LogP) is 0.886. The van der Waals surface area contributed by atoms with E-state index >= 15 is 0 Å². The van der Waals surface area contributed by atoms with Crippen molar-refractivity contribution in [1.29, 1.82) is 0 Å². The number of esters is 1. The first-order valence-corrected chi connectivity index (χ1v) is 11.8. The lowest BCUT2D eigenvalue weighted by atomic mass is 9.60. The van der Waals surface area contributed by atoms with Gasteiger partial charge < -0.3 is 31.3 Å². The van der Waals surface area contributed by atoms with Gasteiger partial charge in [0.05, 0.1) is 21.1 Å². The van der Waals surface area contributed by atoms with Gasteiger partial charge in [-0.25, -0.2) is 4.79 Å². The maximum atomic E-state index is 12.7. The van der Waals surface area contributed by atoms with Crippen LogP contribution in [0.4, 0.5) is 4.79 Å². The molecule has 11 heteroatoms. The fourth-order valence-electron chi connectivity index (χ4n) is 5.50. The van der Waals surface area contributed by atoms with Crippen molar-refractivity contribution in [1.82, 2.24) is 10.2 Å². The number of hydrogen-bond acceptors (Lipinski definition) is 7. The van der Waals surface area contributed by atoms with Gasteiger partial charge in [-0.15, -0.1) is 0 Å². The molecule has 1 spiro atoms. The second-order valence-electron chi connectivity index (χ2n) is 9.29. The van der Waals surface area contributed by atoms with Crippen LogP contribution in [0.5, 0.6) is 0 Å². The van der Waals surface area contributed by atoms with Crippen LogP contribution in [-0.2, 0) is 14.3 Å². The van der Waals surface area contributed by atoms with Crippen molar-refractivity contribution in [3.8, 4) is 0 Å². The minimum absolute atomic E-state index is 0.0214. The van der Waals surface area contributed by atoms with E-state index in [-0.39, 0.29) is 30.6 Å². The molecular weight excluding hydrogens is 408 g/mol. The molecular formula is C21H36B2N5O4. The third-order valence-electron chi connectivity index (χ3n) is 7.46. The van der Waals surface area contributed by atoms with E-state index in [1.807, 2.05) is 13.8 Å². The lowest BCUT2D eigenvalue weighted by Crippen LogP contribution is -2.55. The van der Waals surface area contributed by atoms with E-state index in [2.05, 4.69) is 17.7 Å². The van der Waals surface area contributed by atoms with Crippen molar-refractivity contribution < 1.29 is 19.1 Å². The van der Waals surface area contributed by atoms with E-state index in [9.17, 15) is 9.59 Å². The quantitative estimate of drug-likeness (QED) is 0.0867. The molecule has 5 N–H and O–H groups in total. The molecule has 0 aromatic rings. The van der Waals surface area contributed by atoms with Gasteiger partial charge in [0, 0.05) is 25.9 Å². The first-order chi connectivity index (χ1) is 15.3. The van der Waals surface area contributed by atoms with Crippen molar-refractivity contribution in [2.45, 2.75) is 75.5 Å². The Kier molecular flexibility index (Phi) is 8.01. The highest BCUT2D eigenvalue weighted by molar-refractivity contribution is 6.72. The Morgan fingerprint density at radius 1 is 1.25 bits per heavy atom. The van der Waals surface area contributed by atoms with E-state index in [1.54, 1.807) is 4.90 Å². The van der Waals surface area contributed by atoms with Crippen LogP contribution in [0, 0.1) is 11.8 Å². The number of nitrogens with one attached hydrogen (secondary N) is 1. The van der Waals surface area contributed by atoms with E-state index in [4.69, 9.17) is 28.9 Å². The minimum atomic E-state index is -0.596. The fraction of sp³-hybridized carbons (Fsp3) is 0.857. The summed E-state index contributed by atoms with van der Waals surface area (Å²) in [5.41, 5.74) is 5.75. The Morgan fingerprint density at radius 2 is 1.97 bits per heavy atom. The number of carbonyl (C=O) groups excluding carboxylic acids is 2. The number of hydrogen-bond donors (Lipinski definition) is 3. The molecule has 175 valence electrons. The summed E-state index contributed by atoms with van der Waals surface area (Å²) in [6, 6.07) is -0.426. The first-order valence-electron chi connectivity index (χ1n) is 11.8. The number of piperidine rings is 1. The summed E-state index contributed by atoms with van der Waals surface area (Å²) < 4.78 is 10.7. The monoisotopic (exact) mass is 444 g/mol. The molecule has 0 aromatic heterocycles. The van der Waals surface area contributed by atoms with Gasteiger partial charge in [0.15, 0.2) is 0 Å². The highest BCUT2D eigenvalue weighted by atomic mass is 16.6. The molecule has 3 fully saturated rings. The molecule has 2 saturated heterocycles. The average Bonchev–Trinajstić information content (AvgIpc) is 3.40. The number of amidine groups is 1. The molecule has 2 heterocycles. The SMILES string of the molecule is [B]C12[B]C13CCC(CC/C(N)=N/N)CC3CC(C(=O)OCCCOC(=O)N(CC)CC)N2. The van der Waals surface area contributed by atoms with E-state index in [0.717, 1.165) is 25.7 Å². The number of ether oxygens (including phenoxy) is 2. The van der Waals surface area contributed by atoms with Gasteiger partial charge in [-0.1, -0.05) is 18.2 Å². The van der Waals surface area contributed by atoms with Crippen LogP contribution in [-0.4, -0.2) is 75.6 Å². The van der Waals surface area contributed by atoms with Crippen LogP contribution in [0.25, 0.3) is 0 Å². The van der Waals surface area contributed by atoms with Gasteiger partial charge in [-0.3, -0.25) is 4.79 Å². The first kappa shape index (κ1) is 24.7. The van der Waals surface area contributed by atoms with Crippen LogP contribution in [0.2, 0.25) is 5.31 Å². The summed E-state index contributed by atoms with van der Waals surface area (Å²) in [6.45, 7) is 5.44. The Balaban J connectivity index is 1.43. The lowest BCUT2D eigenvalue weighted by Gasteiger charge is -2.47. The summed E-state index contributed by atoms with van der Waals surface area (Å²) in [5, 5.41) is 6.26. The number of amides is 1. The van der Waals surface area contributed by atoms with Gasteiger partial charge in [0.2, 0.25) is 0 Å². The molecule has 3 radical (unpaired) electrons. The Morgan fingerprint density at radius 3 is 2.66 bits per heavy atom. The van der Waals surface area contributed by atoms with E-state index in [0.29, 0.717) is 50.0 Å². The molecule has 1 aliphatic carbocycles. The van der Waals surface area contributed by atoms with Crippen LogP contribution in [0.1, 0.15) is 58.8 Å². The van der Waals surface area contributed by atoms with Crippen molar-refractivity contribution in [2.75, 3.05) is 26.3 Å². The zero-order chi connectivity index (χ0) is 23.4. The highest BCUT2D eigenvalue weighted by Gasteiger charge is 2.71. The highest BCUT2D eigenvalue weighted by Crippen LogP contribution is 2.69. The number of hydrazone groups is 1. The summed E-state index contributed by atoms with van der Waals surface area (Å²) in [7, 11) is 8.76. The molecule has 3 aliphatic rings. The zero-order valence-corrected chi connectivity index (χ0v) is 19.3. The van der Waals surface area contributed by atoms with Crippen LogP contribution in [0.3, 0.4) is 0 Å². The Bertz CT molecular complexity index is 722. The van der Waals surface area contributed by atoms with Gasteiger partial charge >= 0.3 is 12.1 Å². The molecule has 3 rings (SSSR count). The van der Waals surface area contributed by atoms with Gasteiger partial charge in [0.1, 0.15) is 19.2 Å². The molecule has 32 heavy (non-hydrogen) atoms. The topological polar surface area (TPSA) is 132 Å². The fourth-order valence-corrected chi connectivity index (χ4v) is 5.50. The lowest BCUT2D eigenvalue weighted by molar-refractivity contribution is -0.148. The predicted molar refractivity (Wildman–Crippen MR) is 124 cm³/mol. The van der Waals surface area contributed by atoms with E-state index in [1.165, 1.54) is 0 Å². The molecule has 1 amide bonds. The maximum Gasteiger partial charge on any atom is 0.409 e. The number of rotatable bonds is 10. The second kappa shape index (κ2) is 10.4. The van der Waals surface area contributed by atoms with Gasteiger partial charge in [-0.2, -0.15) is 5.10 Å². The minimum Gasteiger partial charge on any atom is -0.464 e. The van der Waals surface area contributed by atoms with Crippen molar-refractivity contribution in [2.24, 2.45) is 28.5 Å². The molecule has 0 bridgehead atoms. The number of nitrogens with zero attached hydrogens (tertiary/aromatic N) is 2. The van der Waals surface area contributed by atoms with Gasteiger partial charge in [0.25, 0.3) is 0 Å². The number of carbonyl (C=O) groups is 2. The molecule has 0 aromatic carbocycles. The van der Waals surface area contributed by atoms with Crippen LogP contribution >= 0.6 is 0 Å². The zero-order valence-electron chi connectivity index (χ0n) is 19.3. The summed E-state index contributed by atoms with van der Waals surface area (Å²) in [6.07, 6.45) is 5.60. The Hall–Kier alpha value is -1.90. The van der Waals surface area contributed by atoms with Crippen molar-refractivity contribution in [3.05, 3.63) is 0 Å². The molecule has 2 aliphatic heterocycles. The average molecular weight is 444 g/mol. The third kappa shape index (κ3) is 5.18. The third-order valence-corrected chi connectivity index (χ3v) is 7.46. The molecule has 1 saturated carbocycles. The van der Waals surface area contributed by atoms with Crippen LogP contribution in [0.15, 0.2) is 5.10 Å². The number of nitrogens with two attached hydrogens (primary N) is 2. The molecule has 5 unspecified atom stereocenters. The van der Waals surface area contributed by atoms with Gasteiger partial charge in [-0.05, 0) is 50.3 Å². The second-order valence-corrected chi connectivity index (χ2v) is 9.29. The normalized spacial score (nSPS) is 33.3. The summed E-state index contributed by atoms with van der Waals surface area (Å²) in [4.78, 5) is 26.1.